The topological polar surface area (TPSA) is 32.7 Å². The number of methoxy groups -OCH3 is 1. The average molecular weight is 175 g/mol. The van der Waals surface area contributed by atoms with Crippen molar-refractivity contribution in [3.63, 3.8) is 0 Å². The molecule has 0 aromatic rings. The molecule has 0 aromatic carbocycles. The van der Waals surface area contributed by atoms with Crippen LogP contribution in [0.2, 0.25) is 0 Å². The second-order valence-corrected chi connectivity index (χ2v) is 4.09. The van der Waals surface area contributed by atoms with Gasteiger partial charge in [-0.2, -0.15) is 0 Å². The van der Waals surface area contributed by atoms with E-state index in [0.29, 0.717) is 0 Å². The average Bonchev–Trinajstić information content (AvgIpc) is 1.97. The molecule has 0 saturated carbocycles. The Labute approximate surface area is 75.3 Å². The van der Waals surface area contributed by atoms with Crippen LogP contribution in [0.1, 0.15) is 20.8 Å². The van der Waals surface area contributed by atoms with Crippen molar-refractivity contribution in [1.29, 1.82) is 0 Å². The first-order valence-corrected chi connectivity index (χ1v) is 4.26. The standard InChI is InChI=1S/C9H21NO2/c1-9(2,3)10(4)6-8(7-11)12-5/h8,11H,6-7H2,1-5H3. The van der Waals surface area contributed by atoms with Crippen molar-refractivity contribution in [3.05, 3.63) is 0 Å². The van der Waals surface area contributed by atoms with Gasteiger partial charge in [0.2, 0.25) is 0 Å². The smallest absolute Gasteiger partial charge is 0.0928 e. The number of aliphatic hydroxyl groups excluding tert-OH is 1. The number of nitrogens with zero attached hydrogens (tertiary/aromatic N) is 1. The van der Waals surface area contributed by atoms with Crippen LogP contribution in [0.3, 0.4) is 0 Å². The molecule has 74 valence electrons. The van der Waals surface area contributed by atoms with E-state index in [1.165, 1.54) is 0 Å². The molecule has 3 heteroatoms. The minimum atomic E-state index is -0.0748. The molecule has 1 unspecified atom stereocenters. The Kier molecular flexibility index (Phi) is 4.75. The van der Waals surface area contributed by atoms with Crippen molar-refractivity contribution in [2.45, 2.75) is 32.4 Å². The first-order chi connectivity index (χ1) is 5.41. The minimum Gasteiger partial charge on any atom is -0.394 e. The summed E-state index contributed by atoms with van der Waals surface area (Å²) in [6.07, 6.45) is -0.0748. The van der Waals surface area contributed by atoms with Gasteiger partial charge in [0.25, 0.3) is 0 Å². The summed E-state index contributed by atoms with van der Waals surface area (Å²) >= 11 is 0. The fourth-order valence-electron chi connectivity index (χ4n) is 0.786. The van der Waals surface area contributed by atoms with Gasteiger partial charge in [-0.25, -0.2) is 0 Å². The molecule has 0 heterocycles. The molecule has 0 amide bonds. The molecule has 0 fully saturated rings. The van der Waals surface area contributed by atoms with E-state index in [-0.39, 0.29) is 18.2 Å². The summed E-state index contributed by atoms with van der Waals surface area (Å²) in [6.45, 7) is 7.25. The van der Waals surface area contributed by atoms with Gasteiger partial charge in [-0.1, -0.05) is 0 Å². The van der Waals surface area contributed by atoms with Crippen molar-refractivity contribution in [1.82, 2.24) is 4.90 Å². The zero-order valence-corrected chi connectivity index (χ0v) is 8.79. The van der Waals surface area contributed by atoms with Crippen molar-refractivity contribution in [3.8, 4) is 0 Å². The number of hydrogen-bond acceptors (Lipinski definition) is 3. The van der Waals surface area contributed by atoms with Crippen LogP contribution in [0.4, 0.5) is 0 Å². The summed E-state index contributed by atoms with van der Waals surface area (Å²) in [5.74, 6) is 0. The fourth-order valence-corrected chi connectivity index (χ4v) is 0.786. The Hall–Kier alpha value is -0.120. The molecule has 12 heavy (non-hydrogen) atoms. The summed E-state index contributed by atoms with van der Waals surface area (Å²) in [5, 5.41) is 8.89. The van der Waals surface area contributed by atoms with Gasteiger partial charge in [0.1, 0.15) is 0 Å². The van der Waals surface area contributed by atoms with E-state index < -0.39 is 0 Å². The zero-order chi connectivity index (χ0) is 9.78. The molecule has 0 bridgehead atoms. The van der Waals surface area contributed by atoms with Crippen LogP contribution in [0, 0.1) is 0 Å². The maximum absolute atomic E-state index is 8.89. The molecule has 0 aromatic heterocycles. The Morgan fingerprint density at radius 3 is 2.17 bits per heavy atom. The van der Waals surface area contributed by atoms with Crippen LogP contribution >= 0.6 is 0 Å². The lowest BCUT2D eigenvalue weighted by Gasteiger charge is -2.33. The molecule has 0 aliphatic rings. The lowest BCUT2D eigenvalue weighted by atomic mass is 10.1. The summed E-state index contributed by atoms with van der Waals surface area (Å²) in [7, 11) is 3.65. The van der Waals surface area contributed by atoms with Crippen molar-refractivity contribution < 1.29 is 9.84 Å². The van der Waals surface area contributed by atoms with Crippen LogP contribution in [0.15, 0.2) is 0 Å². The minimum absolute atomic E-state index is 0.0748. The van der Waals surface area contributed by atoms with Gasteiger partial charge in [-0.3, -0.25) is 4.90 Å². The van der Waals surface area contributed by atoms with Gasteiger partial charge >= 0.3 is 0 Å². The van der Waals surface area contributed by atoms with Crippen LogP contribution in [-0.4, -0.2) is 49.0 Å². The van der Waals surface area contributed by atoms with Crippen molar-refractivity contribution in [2.24, 2.45) is 0 Å². The lowest BCUT2D eigenvalue weighted by molar-refractivity contribution is 0.00870. The van der Waals surface area contributed by atoms with Crippen LogP contribution in [0.5, 0.6) is 0 Å². The molecule has 0 spiro atoms. The molecule has 0 aliphatic heterocycles. The highest BCUT2D eigenvalue weighted by atomic mass is 16.5. The van der Waals surface area contributed by atoms with Crippen molar-refractivity contribution >= 4 is 0 Å². The molecule has 1 atom stereocenters. The van der Waals surface area contributed by atoms with Gasteiger partial charge in [0, 0.05) is 19.2 Å². The SMILES string of the molecule is COC(CO)CN(C)C(C)(C)C. The third kappa shape index (κ3) is 4.04. The highest BCUT2D eigenvalue weighted by Crippen LogP contribution is 2.10. The Bertz CT molecular complexity index is 116. The summed E-state index contributed by atoms with van der Waals surface area (Å²) < 4.78 is 5.07. The maximum atomic E-state index is 8.89. The molecule has 0 radical (unpaired) electrons. The predicted octanol–water partition coefficient (Wildman–Crippen LogP) is 0.724. The van der Waals surface area contributed by atoms with E-state index in [4.69, 9.17) is 9.84 Å². The number of hydrogen-bond donors (Lipinski definition) is 1. The van der Waals surface area contributed by atoms with Gasteiger partial charge < -0.3 is 9.84 Å². The van der Waals surface area contributed by atoms with E-state index in [0.717, 1.165) is 6.54 Å². The van der Waals surface area contributed by atoms with E-state index in [9.17, 15) is 0 Å². The van der Waals surface area contributed by atoms with Gasteiger partial charge in [0.15, 0.2) is 0 Å². The van der Waals surface area contributed by atoms with E-state index >= 15 is 0 Å². The van der Waals surface area contributed by atoms with Crippen LogP contribution < -0.4 is 0 Å². The Balaban J connectivity index is 3.90. The molecular formula is C9H21NO2. The normalized spacial score (nSPS) is 15.2. The number of aliphatic hydroxyl groups is 1. The number of ether oxygens (including phenoxy) is 1. The van der Waals surface area contributed by atoms with E-state index in [2.05, 4.69) is 25.7 Å². The molecule has 0 saturated heterocycles. The quantitative estimate of drug-likeness (QED) is 0.683. The summed E-state index contributed by atoms with van der Waals surface area (Å²) in [5.41, 5.74) is 0.131. The zero-order valence-electron chi connectivity index (χ0n) is 8.79. The second kappa shape index (κ2) is 4.80. The maximum Gasteiger partial charge on any atom is 0.0928 e. The Morgan fingerprint density at radius 1 is 1.42 bits per heavy atom. The molecule has 0 aliphatic carbocycles. The summed E-state index contributed by atoms with van der Waals surface area (Å²) in [6, 6.07) is 0. The molecule has 1 N–H and O–H groups in total. The monoisotopic (exact) mass is 175 g/mol. The predicted molar refractivity (Wildman–Crippen MR) is 50.3 cm³/mol. The van der Waals surface area contributed by atoms with E-state index in [1.54, 1.807) is 7.11 Å². The highest BCUT2D eigenvalue weighted by molar-refractivity contribution is 4.75. The largest absolute Gasteiger partial charge is 0.394 e. The molecule has 0 rings (SSSR count). The lowest BCUT2D eigenvalue weighted by Crippen LogP contribution is -2.44. The fraction of sp³-hybridized carbons (Fsp3) is 1.00. The number of likely N-dealkylation sites (N-methyl/N-ethyl adjacent to an activating group) is 1. The molecular weight excluding hydrogens is 154 g/mol. The summed E-state index contributed by atoms with van der Waals surface area (Å²) in [4.78, 5) is 2.16. The third-order valence-electron chi connectivity index (χ3n) is 2.16. The van der Waals surface area contributed by atoms with Gasteiger partial charge in [-0.15, -0.1) is 0 Å². The van der Waals surface area contributed by atoms with Gasteiger partial charge in [0.05, 0.1) is 12.7 Å². The van der Waals surface area contributed by atoms with Crippen LogP contribution in [0.25, 0.3) is 0 Å². The Morgan fingerprint density at radius 2 is 1.92 bits per heavy atom. The van der Waals surface area contributed by atoms with E-state index in [1.807, 2.05) is 7.05 Å². The number of rotatable bonds is 4. The first-order valence-electron chi connectivity index (χ1n) is 4.26. The van der Waals surface area contributed by atoms with Crippen molar-refractivity contribution in [2.75, 3.05) is 27.3 Å². The molecule has 3 nitrogen and oxygen atoms in total. The first kappa shape index (κ1) is 11.9. The third-order valence-corrected chi connectivity index (χ3v) is 2.16. The second-order valence-electron chi connectivity index (χ2n) is 4.09. The highest BCUT2D eigenvalue weighted by Gasteiger charge is 2.19. The van der Waals surface area contributed by atoms with Gasteiger partial charge in [-0.05, 0) is 27.8 Å². The van der Waals surface area contributed by atoms with Crippen LogP contribution in [-0.2, 0) is 4.74 Å².